The van der Waals surface area contributed by atoms with E-state index >= 15 is 0 Å². The maximum absolute atomic E-state index is 12.6. The van der Waals surface area contributed by atoms with Gasteiger partial charge >= 0.3 is 0 Å². The highest BCUT2D eigenvalue weighted by Crippen LogP contribution is 2.31. The summed E-state index contributed by atoms with van der Waals surface area (Å²) >= 11 is 1.76. The van der Waals surface area contributed by atoms with E-state index in [1.165, 1.54) is 5.01 Å². The predicted molar refractivity (Wildman–Crippen MR) is 116 cm³/mol. The van der Waals surface area contributed by atoms with Gasteiger partial charge in [0, 0.05) is 23.5 Å². The zero-order chi connectivity index (χ0) is 20.8. The molecule has 0 bridgehead atoms. The molecule has 1 aliphatic rings. The summed E-state index contributed by atoms with van der Waals surface area (Å²) in [6.07, 6.45) is 2.89. The van der Waals surface area contributed by atoms with Gasteiger partial charge in [0.15, 0.2) is 11.5 Å². The normalized spacial score (nSPS) is 16.4. The summed E-state index contributed by atoms with van der Waals surface area (Å²) in [4.78, 5) is 19.5. The quantitative estimate of drug-likeness (QED) is 0.713. The summed E-state index contributed by atoms with van der Waals surface area (Å²) < 4.78 is 10.6. The van der Waals surface area contributed by atoms with Crippen molar-refractivity contribution in [2.45, 2.75) is 45.1 Å². The van der Waals surface area contributed by atoms with E-state index in [0.717, 1.165) is 43.6 Å². The van der Waals surface area contributed by atoms with Gasteiger partial charge in [-0.3, -0.25) is 9.69 Å². The first-order valence-corrected chi connectivity index (χ1v) is 11.0. The highest BCUT2D eigenvalue weighted by molar-refractivity contribution is 7.09. The van der Waals surface area contributed by atoms with Crippen LogP contribution >= 0.6 is 11.3 Å². The fourth-order valence-electron chi connectivity index (χ4n) is 3.77. The van der Waals surface area contributed by atoms with Crippen LogP contribution < -0.4 is 14.8 Å². The van der Waals surface area contributed by atoms with Crippen LogP contribution in [0.15, 0.2) is 23.6 Å². The van der Waals surface area contributed by atoms with Crippen molar-refractivity contribution in [3.8, 4) is 11.5 Å². The predicted octanol–water partition coefficient (Wildman–Crippen LogP) is 3.40. The number of nitrogens with zero attached hydrogens (tertiary/aromatic N) is 2. The van der Waals surface area contributed by atoms with Gasteiger partial charge in [-0.05, 0) is 63.9 Å². The number of methoxy groups -OCH3 is 2. The van der Waals surface area contributed by atoms with E-state index in [9.17, 15) is 4.79 Å². The molecule has 0 radical (unpaired) electrons. The Hall–Kier alpha value is -2.12. The molecule has 1 aliphatic heterocycles. The van der Waals surface area contributed by atoms with E-state index in [2.05, 4.69) is 20.6 Å². The Labute approximate surface area is 177 Å². The summed E-state index contributed by atoms with van der Waals surface area (Å²) in [5.74, 6) is 2.05. The number of aromatic nitrogens is 1. The molecule has 29 heavy (non-hydrogen) atoms. The molecule has 6 nitrogen and oxygen atoms in total. The van der Waals surface area contributed by atoms with Gasteiger partial charge < -0.3 is 14.8 Å². The van der Waals surface area contributed by atoms with E-state index in [1.807, 2.05) is 32.0 Å². The maximum Gasteiger partial charge on any atom is 0.237 e. The van der Waals surface area contributed by atoms with Crippen molar-refractivity contribution < 1.29 is 14.3 Å². The molecule has 0 saturated carbocycles. The van der Waals surface area contributed by atoms with Gasteiger partial charge in [0.05, 0.1) is 25.3 Å². The fourth-order valence-corrected chi connectivity index (χ4v) is 4.74. The monoisotopic (exact) mass is 417 g/mol. The first-order valence-electron chi connectivity index (χ1n) is 10.2. The van der Waals surface area contributed by atoms with Gasteiger partial charge in [-0.15, -0.1) is 11.3 Å². The number of rotatable bonds is 8. The van der Waals surface area contributed by atoms with E-state index in [0.29, 0.717) is 24.0 Å². The molecule has 1 aromatic carbocycles. The van der Waals surface area contributed by atoms with Crippen LogP contribution in [-0.2, 0) is 11.2 Å². The number of carbonyl (C=O) groups is 1. The van der Waals surface area contributed by atoms with Crippen molar-refractivity contribution in [3.05, 3.63) is 39.8 Å². The standard InChI is InChI=1S/C22H31N3O3S/c1-15-14-29-22(24-15)18-8-11-25(12-9-18)16(2)21(26)23-10-7-17-5-6-19(27-3)20(13-17)28-4/h5-6,13-14,16,18H,7-12H2,1-4H3,(H,23,26). The van der Waals surface area contributed by atoms with Crippen LogP contribution in [0.2, 0.25) is 0 Å². The molecule has 158 valence electrons. The Morgan fingerprint density at radius 3 is 2.62 bits per heavy atom. The lowest BCUT2D eigenvalue weighted by Gasteiger charge is -2.34. The topological polar surface area (TPSA) is 63.7 Å². The maximum atomic E-state index is 12.6. The Morgan fingerprint density at radius 1 is 1.28 bits per heavy atom. The van der Waals surface area contributed by atoms with Crippen LogP contribution in [0.4, 0.5) is 0 Å². The average Bonchev–Trinajstić information content (AvgIpc) is 3.19. The largest absolute Gasteiger partial charge is 0.493 e. The number of hydrogen-bond acceptors (Lipinski definition) is 6. The second-order valence-corrected chi connectivity index (χ2v) is 8.43. The lowest BCUT2D eigenvalue weighted by molar-refractivity contribution is -0.126. The Kier molecular flexibility index (Phi) is 7.50. The number of carbonyl (C=O) groups excluding carboxylic acids is 1. The summed E-state index contributed by atoms with van der Waals surface area (Å²) in [6, 6.07) is 5.74. The molecule has 7 heteroatoms. The molecule has 1 unspecified atom stereocenters. The minimum absolute atomic E-state index is 0.0917. The van der Waals surface area contributed by atoms with E-state index in [1.54, 1.807) is 25.6 Å². The zero-order valence-electron chi connectivity index (χ0n) is 17.7. The third-order valence-corrected chi connectivity index (χ3v) is 6.73. The first-order chi connectivity index (χ1) is 14.0. The molecule has 1 aromatic heterocycles. The molecule has 2 aromatic rings. The number of benzene rings is 1. The number of amides is 1. The van der Waals surface area contributed by atoms with Crippen LogP contribution in [0, 0.1) is 6.92 Å². The fraction of sp³-hybridized carbons (Fsp3) is 0.545. The van der Waals surface area contributed by atoms with Crippen LogP contribution in [0.5, 0.6) is 11.5 Å². The number of aryl methyl sites for hydroxylation is 1. The molecule has 3 rings (SSSR count). The summed E-state index contributed by atoms with van der Waals surface area (Å²) in [7, 11) is 3.25. The van der Waals surface area contributed by atoms with Crippen molar-refractivity contribution in [2.24, 2.45) is 0 Å². The van der Waals surface area contributed by atoms with Crippen molar-refractivity contribution in [1.29, 1.82) is 0 Å². The Balaban J connectivity index is 1.44. The van der Waals surface area contributed by atoms with Crippen molar-refractivity contribution >= 4 is 17.2 Å². The molecular formula is C22H31N3O3S. The molecule has 1 amide bonds. The van der Waals surface area contributed by atoms with Gasteiger partial charge in [-0.1, -0.05) is 6.07 Å². The molecule has 2 heterocycles. The third-order valence-electron chi connectivity index (χ3n) is 5.60. The summed E-state index contributed by atoms with van der Waals surface area (Å²) in [5, 5.41) is 6.44. The van der Waals surface area contributed by atoms with Crippen LogP contribution in [-0.4, -0.2) is 55.7 Å². The van der Waals surface area contributed by atoms with Gasteiger partial charge in [0.1, 0.15) is 0 Å². The van der Waals surface area contributed by atoms with Crippen LogP contribution in [0.1, 0.15) is 41.9 Å². The number of nitrogens with one attached hydrogen (secondary N) is 1. The molecule has 0 spiro atoms. The number of ether oxygens (including phenoxy) is 2. The lowest BCUT2D eigenvalue weighted by Crippen LogP contribution is -2.48. The molecular weight excluding hydrogens is 386 g/mol. The minimum atomic E-state index is -0.112. The highest BCUT2D eigenvalue weighted by Gasteiger charge is 2.28. The summed E-state index contributed by atoms with van der Waals surface area (Å²) in [6.45, 7) is 6.53. The smallest absolute Gasteiger partial charge is 0.237 e. The average molecular weight is 418 g/mol. The Morgan fingerprint density at radius 2 is 2.00 bits per heavy atom. The van der Waals surface area contributed by atoms with Crippen molar-refractivity contribution in [1.82, 2.24) is 15.2 Å². The van der Waals surface area contributed by atoms with E-state index in [4.69, 9.17) is 9.47 Å². The number of hydrogen-bond donors (Lipinski definition) is 1. The highest BCUT2D eigenvalue weighted by atomic mass is 32.1. The molecule has 1 fully saturated rings. The third kappa shape index (κ3) is 5.48. The minimum Gasteiger partial charge on any atom is -0.493 e. The lowest BCUT2D eigenvalue weighted by atomic mass is 9.96. The van der Waals surface area contributed by atoms with Crippen LogP contribution in [0.25, 0.3) is 0 Å². The summed E-state index contributed by atoms with van der Waals surface area (Å²) in [5.41, 5.74) is 2.21. The number of piperidine rings is 1. The van der Waals surface area contributed by atoms with Gasteiger partial charge in [0.25, 0.3) is 0 Å². The van der Waals surface area contributed by atoms with E-state index in [-0.39, 0.29) is 11.9 Å². The van der Waals surface area contributed by atoms with Gasteiger partial charge in [-0.25, -0.2) is 4.98 Å². The molecule has 1 saturated heterocycles. The second-order valence-electron chi connectivity index (χ2n) is 7.54. The van der Waals surface area contributed by atoms with Crippen LogP contribution in [0.3, 0.4) is 0 Å². The second kappa shape index (κ2) is 10.1. The molecule has 1 atom stereocenters. The Bertz CT molecular complexity index is 815. The van der Waals surface area contributed by atoms with Gasteiger partial charge in [-0.2, -0.15) is 0 Å². The molecule has 0 aliphatic carbocycles. The molecule has 1 N–H and O–H groups in total. The van der Waals surface area contributed by atoms with Gasteiger partial charge in [0.2, 0.25) is 5.91 Å². The number of thiazole rings is 1. The first kappa shape index (κ1) is 21.6. The SMILES string of the molecule is COc1ccc(CCNC(=O)C(C)N2CCC(c3nc(C)cs3)CC2)cc1OC. The number of likely N-dealkylation sites (tertiary alicyclic amines) is 1. The van der Waals surface area contributed by atoms with Crippen molar-refractivity contribution in [2.75, 3.05) is 33.9 Å². The van der Waals surface area contributed by atoms with Crippen molar-refractivity contribution in [3.63, 3.8) is 0 Å². The zero-order valence-corrected chi connectivity index (χ0v) is 18.6. The van der Waals surface area contributed by atoms with E-state index < -0.39 is 0 Å².